The summed E-state index contributed by atoms with van der Waals surface area (Å²) in [6.45, 7) is 8.13. The van der Waals surface area contributed by atoms with Gasteiger partial charge in [0.1, 0.15) is 5.75 Å². The molecule has 1 aliphatic heterocycles. The van der Waals surface area contributed by atoms with Crippen LogP contribution in [-0.4, -0.2) is 76.2 Å². The first kappa shape index (κ1) is 21.5. The number of piperidine rings is 1. The van der Waals surface area contributed by atoms with E-state index in [-0.39, 0.29) is 6.04 Å². The second-order valence-corrected chi connectivity index (χ2v) is 7.30. The fourth-order valence-electron chi connectivity index (χ4n) is 3.45. The molecule has 0 radical (unpaired) electrons. The summed E-state index contributed by atoms with van der Waals surface area (Å²) < 4.78 is 5.38. The molecule has 1 aromatic carbocycles. The molecule has 1 saturated heterocycles. The Labute approximate surface area is 165 Å². The Bertz CT molecular complexity index is 569. The number of likely N-dealkylation sites (tertiary alicyclic amines) is 1. The van der Waals surface area contributed by atoms with Gasteiger partial charge < -0.3 is 25.2 Å². The third-order valence-corrected chi connectivity index (χ3v) is 5.04. The van der Waals surface area contributed by atoms with Crippen LogP contribution < -0.4 is 15.4 Å². The van der Waals surface area contributed by atoms with Crippen LogP contribution in [0.3, 0.4) is 0 Å². The average molecular weight is 376 g/mol. The number of benzene rings is 1. The summed E-state index contributed by atoms with van der Waals surface area (Å²) in [5, 5.41) is 6.86. The minimum atomic E-state index is 0.206. The van der Waals surface area contributed by atoms with Gasteiger partial charge in [-0.15, -0.1) is 0 Å². The number of nitrogens with zero attached hydrogens (tertiary/aromatic N) is 3. The van der Waals surface area contributed by atoms with Gasteiger partial charge in [-0.1, -0.05) is 18.6 Å². The number of aliphatic imine (C=N–C) groups is 1. The molecule has 0 bridgehead atoms. The molecule has 1 aliphatic rings. The highest BCUT2D eigenvalue weighted by atomic mass is 16.5. The van der Waals surface area contributed by atoms with Crippen molar-refractivity contribution in [3.05, 3.63) is 29.8 Å². The number of guanidine groups is 1. The minimum Gasteiger partial charge on any atom is -0.497 e. The zero-order valence-electron chi connectivity index (χ0n) is 17.5. The van der Waals surface area contributed by atoms with Crippen LogP contribution in [0, 0.1) is 0 Å². The Morgan fingerprint density at radius 2 is 2.00 bits per heavy atom. The SMILES string of the molecule is CCNC(=NCC(c1cccc(OC)c1)N(C)C)NCCN1CCCCC1. The molecule has 1 heterocycles. The van der Waals surface area contributed by atoms with Crippen molar-refractivity contribution in [3.8, 4) is 5.75 Å². The zero-order valence-corrected chi connectivity index (χ0v) is 17.5. The third kappa shape index (κ3) is 7.39. The number of nitrogens with one attached hydrogen (secondary N) is 2. The summed E-state index contributed by atoms with van der Waals surface area (Å²) in [5.41, 5.74) is 1.22. The highest BCUT2D eigenvalue weighted by Gasteiger charge is 2.15. The van der Waals surface area contributed by atoms with E-state index < -0.39 is 0 Å². The van der Waals surface area contributed by atoms with Gasteiger partial charge in [-0.3, -0.25) is 4.99 Å². The minimum absolute atomic E-state index is 0.206. The molecule has 0 saturated carbocycles. The van der Waals surface area contributed by atoms with Gasteiger partial charge >= 0.3 is 0 Å². The molecule has 27 heavy (non-hydrogen) atoms. The number of likely N-dealkylation sites (N-methyl/N-ethyl adjacent to an activating group) is 1. The summed E-state index contributed by atoms with van der Waals surface area (Å²) in [5.74, 6) is 1.78. The molecule has 0 amide bonds. The van der Waals surface area contributed by atoms with Crippen LogP contribution in [0.25, 0.3) is 0 Å². The molecule has 0 aliphatic carbocycles. The Morgan fingerprint density at radius 1 is 1.22 bits per heavy atom. The topological polar surface area (TPSA) is 52.1 Å². The summed E-state index contributed by atoms with van der Waals surface area (Å²) in [6, 6.07) is 8.45. The van der Waals surface area contributed by atoms with Crippen molar-refractivity contribution in [1.82, 2.24) is 20.4 Å². The van der Waals surface area contributed by atoms with Crippen LogP contribution in [0.1, 0.15) is 37.8 Å². The second-order valence-electron chi connectivity index (χ2n) is 7.30. The van der Waals surface area contributed by atoms with Gasteiger partial charge in [-0.25, -0.2) is 0 Å². The lowest BCUT2D eigenvalue weighted by atomic mass is 10.1. The Morgan fingerprint density at radius 3 is 2.67 bits per heavy atom. The average Bonchev–Trinajstić information content (AvgIpc) is 2.69. The van der Waals surface area contributed by atoms with Crippen molar-refractivity contribution in [2.45, 2.75) is 32.2 Å². The second kappa shape index (κ2) is 11.8. The smallest absolute Gasteiger partial charge is 0.191 e. The van der Waals surface area contributed by atoms with Gasteiger partial charge in [0.05, 0.1) is 19.7 Å². The largest absolute Gasteiger partial charge is 0.497 e. The summed E-state index contributed by atoms with van der Waals surface area (Å²) in [6.07, 6.45) is 4.04. The van der Waals surface area contributed by atoms with Gasteiger partial charge in [-0.2, -0.15) is 0 Å². The fourth-order valence-corrected chi connectivity index (χ4v) is 3.45. The maximum absolute atomic E-state index is 5.38. The van der Waals surface area contributed by atoms with Crippen molar-refractivity contribution in [1.29, 1.82) is 0 Å². The van der Waals surface area contributed by atoms with E-state index in [4.69, 9.17) is 9.73 Å². The number of rotatable bonds is 9. The van der Waals surface area contributed by atoms with E-state index in [1.807, 2.05) is 12.1 Å². The number of hydrogen-bond donors (Lipinski definition) is 2. The molecule has 152 valence electrons. The van der Waals surface area contributed by atoms with Crippen LogP contribution in [-0.2, 0) is 0 Å². The van der Waals surface area contributed by atoms with E-state index in [0.717, 1.165) is 31.3 Å². The normalized spacial score (nSPS) is 17.0. The van der Waals surface area contributed by atoms with E-state index in [1.54, 1.807) is 7.11 Å². The fraction of sp³-hybridized carbons (Fsp3) is 0.667. The highest BCUT2D eigenvalue weighted by Crippen LogP contribution is 2.22. The van der Waals surface area contributed by atoms with Crippen LogP contribution in [0.2, 0.25) is 0 Å². The van der Waals surface area contributed by atoms with Crippen molar-refractivity contribution < 1.29 is 4.74 Å². The van der Waals surface area contributed by atoms with Crippen molar-refractivity contribution in [2.24, 2.45) is 4.99 Å². The Kier molecular flexibility index (Phi) is 9.42. The van der Waals surface area contributed by atoms with Crippen LogP contribution in [0.15, 0.2) is 29.3 Å². The maximum Gasteiger partial charge on any atom is 0.191 e. The quantitative estimate of drug-likeness (QED) is 0.513. The Balaban J connectivity index is 1.94. The summed E-state index contributed by atoms with van der Waals surface area (Å²) >= 11 is 0. The molecule has 1 atom stereocenters. The molecule has 6 heteroatoms. The first-order chi connectivity index (χ1) is 13.1. The first-order valence-corrected chi connectivity index (χ1v) is 10.2. The van der Waals surface area contributed by atoms with Gasteiger partial charge in [0.25, 0.3) is 0 Å². The molecule has 1 aromatic rings. The van der Waals surface area contributed by atoms with Crippen molar-refractivity contribution in [3.63, 3.8) is 0 Å². The van der Waals surface area contributed by atoms with E-state index in [9.17, 15) is 0 Å². The number of ether oxygens (including phenoxy) is 1. The zero-order chi connectivity index (χ0) is 19.5. The standard InChI is InChI=1S/C21H37N5O/c1-5-22-21(23-12-15-26-13-7-6-8-14-26)24-17-20(25(2)3)18-10-9-11-19(16-18)27-4/h9-11,16,20H,5-8,12-15,17H2,1-4H3,(H2,22,23,24). The van der Waals surface area contributed by atoms with E-state index in [0.29, 0.717) is 6.54 Å². The molecular formula is C21H37N5O. The molecule has 1 fully saturated rings. The molecule has 0 spiro atoms. The van der Waals surface area contributed by atoms with Crippen molar-refractivity contribution in [2.75, 3.05) is 60.5 Å². The first-order valence-electron chi connectivity index (χ1n) is 10.2. The highest BCUT2D eigenvalue weighted by molar-refractivity contribution is 5.79. The molecule has 1 unspecified atom stereocenters. The van der Waals surface area contributed by atoms with Crippen molar-refractivity contribution >= 4 is 5.96 Å². The Hall–Kier alpha value is -1.79. The summed E-state index contributed by atoms with van der Waals surface area (Å²) in [7, 11) is 5.89. The molecule has 2 rings (SSSR count). The van der Waals surface area contributed by atoms with Gasteiger partial charge in [-0.05, 0) is 64.6 Å². The number of hydrogen-bond acceptors (Lipinski definition) is 4. The molecule has 2 N–H and O–H groups in total. The molecule has 6 nitrogen and oxygen atoms in total. The predicted octanol–water partition coefficient (Wildman–Crippen LogP) is 2.34. The lowest BCUT2D eigenvalue weighted by Gasteiger charge is -2.27. The third-order valence-electron chi connectivity index (χ3n) is 5.04. The maximum atomic E-state index is 5.38. The lowest BCUT2D eigenvalue weighted by molar-refractivity contribution is 0.232. The van der Waals surface area contributed by atoms with Crippen LogP contribution >= 0.6 is 0 Å². The summed E-state index contributed by atoms with van der Waals surface area (Å²) in [4.78, 5) is 9.59. The predicted molar refractivity (Wildman–Crippen MR) is 114 cm³/mol. The molecule has 0 aromatic heterocycles. The van der Waals surface area contributed by atoms with E-state index in [1.165, 1.54) is 37.9 Å². The molecular weight excluding hydrogens is 338 g/mol. The lowest BCUT2D eigenvalue weighted by Crippen LogP contribution is -2.43. The van der Waals surface area contributed by atoms with E-state index in [2.05, 4.69) is 53.6 Å². The van der Waals surface area contributed by atoms with Gasteiger partial charge in [0.15, 0.2) is 5.96 Å². The van der Waals surface area contributed by atoms with E-state index >= 15 is 0 Å². The monoisotopic (exact) mass is 375 g/mol. The number of methoxy groups -OCH3 is 1. The van der Waals surface area contributed by atoms with Crippen LogP contribution in [0.4, 0.5) is 0 Å². The van der Waals surface area contributed by atoms with Gasteiger partial charge in [0, 0.05) is 19.6 Å². The van der Waals surface area contributed by atoms with Gasteiger partial charge in [0.2, 0.25) is 0 Å². The van der Waals surface area contributed by atoms with Crippen LogP contribution in [0.5, 0.6) is 5.75 Å².